The molecule has 0 saturated heterocycles. The quantitative estimate of drug-likeness (QED) is 0.721. The molecule has 0 aliphatic carbocycles. The second kappa shape index (κ2) is 5.31. The van der Waals surface area contributed by atoms with Gasteiger partial charge < -0.3 is 11.1 Å². The van der Waals surface area contributed by atoms with Crippen LogP contribution in [0.25, 0.3) is 0 Å². The van der Waals surface area contributed by atoms with Gasteiger partial charge in [-0.15, -0.1) is 0 Å². The Hall–Kier alpha value is -1.62. The molecule has 0 atom stereocenters. The molecular weight excluding hydrogens is 192 g/mol. The second-order valence-corrected chi connectivity index (χ2v) is 3.43. The predicted molar refractivity (Wildman–Crippen MR) is 59.1 cm³/mol. The second-order valence-electron chi connectivity index (χ2n) is 3.43. The molecule has 0 fully saturated rings. The number of nitrogens with one attached hydrogen (secondary N) is 1. The number of pyridine rings is 1. The molecule has 0 radical (unpaired) electrons. The van der Waals surface area contributed by atoms with Crippen molar-refractivity contribution in [1.82, 2.24) is 15.2 Å². The molecule has 1 aromatic rings. The molecule has 3 N–H and O–H groups in total. The zero-order valence-corrected chi connectivity index (χ0v) is 9.03. The summed E-state index contributed by atoms with van der Waals surface area (Å²) in [5, 5.41) is 2.58. The summed E-state index contributed by atoms with van der Waals surface area (Å²) in [5.41, 5.74) is 6.60. The van der Waals surface area contributed by atoms with Crippen LogP contribution in [0.5, 0.6) is 0 Å². The summed E-state index contributed by atoms with van der Waals surface area (Å²) in [5.74, 6) is 0.500. The number of amides is 1. The summed E-state index contributed by atoms with van der Waals surface area (Å²) in [7, 11) is 3.51. The first-order chi connectivity index (χ1) is 7.11. The third-order valence-electron chi connectivity index (χ3n) is 1.99. The molecule has 0 bridgehead atoms. The Balaban J connectivity index is 2.51. The molecule has 1 heterocycles. The van der Waals surface area contributed by atoms with Crippen LogP contribution in [0.15, 0.2) is 18.3 Å². The number of aromatic nitrogens is 1. The van der Waals surface area contributed by atoms with Crippen LogP contribution in [-0.4, -0.2) is 36.4 Å². The molecule has 5 nitrogen and oxygen atoms in total. The molecule has 1 rings (SSSR count). The summed E-state index contributed by atoms with van der Waals surface area (Å²) in [6, 6.07) is 3.69. The van der Waals surface area contributed by atoms with E-state index in [1.807, 2.05) is 18.0 Å². The Bertz CT molecular complexity index is 340. The van der Waals surface area contributed by atoms with Gasteiger partial charge in [0.2, 0.25) is 5.91 Å². The summed E-state index contributed by atoms with van der Waals surface area (Å²) in [6.07, 6.45) is 1.67. The van der Waals surface area contributed by atoms with E-state index in [-0.39, 0.29) is 5.91 Å². The van der Waals surface area contributed by atoms with Gasteiger partial charge in [0.25, 0.3) is 0 Å². The number of hydrogen-bond acceptors (Lipinski definition) is 4. The average Bonchev–Trinajstić information content (AvgIpc) is 2.17. The van der Waals surface area contributed by atoms with Gasteiger partial charge in [-0.2, -0.15) is 0 Å². The van der Waals surface area contributed by atoms with Crippen molar-refractivity contribution in [3.8, 4) is 0 Å². The molecule has 0 aliphatic heterocycles. The zero-order valence-electron chi connectivity index (χ0n) is 9.03. The minimum atomic E-state index is -0.000437. The molecular formula is C10H16N4O. The summed E-state index contributed by atoms with van der Waals surface area (Å²) < 4.78 is 0. The minimum Gasteiger partial charge on any atom is -0.384 e. The van der Waals surface area contributed by atoms with Crippen LogP contribution in [0.3, 0.4) is 0 Å². The number of anilines is 1. The largest absolute Gasteiger partial charge is 0.384 e. The molecule has 82 valence electrons. The van der Waals surface area contributed by atoms with E-state index in [1.54, 1.807) is 19.3 Å². The maximum atomic E-state index is 11.1. The van der Waals surface area contributed by atoms with Crippen molar-refractivity contribution in [2.24, 2.45) is 0 Å². The maximum absolute atomic E-state index is 11.1. The number of carbonyl (C=O) groups excluding carboxylic acids is 1. The Kier molecular flexibility index (Phi) is 4.05. The van der Waals surface area contributed by atoms with Crippen molar-refractivity contribution in [1.29, 1.82) is 0 Å². The molecule has 5 heteroatoms. The van der Waals surface area contributed by atoms with Crippen molar-refractivity contribution < 1.29 is 4.79 Å². The van der Waals surface area contributed by atoms with Crippen LogP contribution in [0.2, 0.25) is 0 Å². The van der Waals surface area contributed by atoms with Gasteiger partial charge in [-0.3, -0.25) is 9.69 Å². The smallest absolute Gasteiger partial charge is 0.233 e. The number of hydrogen-bond donors (Lipinski definition) is 2. The zero-order chi connectivity index (χ0) is 11.3. The van der Waals surface area contributed by atoms with Crippen molar-refractivity contribution in [2.45, 2.75) is 6.54 Å². The first kappa shape index (κ1) is 11.5. The van der Waals surface area contributed by atoms with Crippen molar-refractivity contribution in [3.05, 3.63) is 23.9 Å². The molecule has 0 unspecified atom stereocenters. The van der Waals surface area contributed by atoms with Crippen LogP contribution in [0, 0.1) is 0 Å². The van der Waals surface area contributed by atoms with E-state index in [0.717, 1.165) is 5.56 Å². The van der Waals surface area contributed by atoms with E-state index in [9.17, 15) is 4.79 Å². The van der Waals surface area contributed by atoms with Crippen molar-refractivity contribution >= 4 is 11.7 Å². The highest BCUT2D eigenvalue weighted by molar-refractivity contribution is 5.77. The highest BCUT2D eigenvalue weighted by atomic mass is 16.1. The summed E-state index contributed by atoms with van der Waals surface area (Å²) >= 11 is 0. The molecule has 0 aliphatic rings. The van der Waals surface area contributed by atoms with Crippen LogP contribution in [0.4, 0.5) is 5.82 Å². The lowest BCUT2D eigenvalue weighted by Crippen LogP contribution is -2.32. The van der Waals surface area contributed by atoms with E-state index in [2.05, 4.69) is 10.3 Å². The third-order valence-corrected chi connectivity index (χ3v) is 1.99. The van der Waals surface area contributed by atoms with Crippen LogP contribution < -0.4 is 11.1 Å². The molecule has 0 spiro atoms. The minimum absolute atomic E-state index is 0.000437. The highest BCUT2D eigenvalue weighted by Crippen LogP contribution is 2.05. The van der Waals surface area contributed by atoms with Gasteiger partial charge in [0.05, 0.1) is 6.54 Å². The Morgan fingerprint density at radius 1 is 1.67 bits per heavy atom. The monoisotopic (exact) mass is 208 g/mol. The van der Waals surface area contributed by atoms with Crippen LogP contribution >= 0.6 is 0 Å². The van der Waals surface area contributed by atoms with Crippen LogP contribution in [0.1, 0.15) is 5.56 Å². The van der Waals surface area contributed by atoms with Gasteiger partial charge in [0, 0.05) is 19.8 Å². The van der Waals surface area contributed by atoms with Gasteiger partial charge in [-0.05, 0) is 24.7 Å². The third kappa shape index (κ3) is 3.95. The number of carbonyl (C=O) groups is 1. The average molecular weight is 208 g/mol. The van der Waals surface area contributed by atoms with E-state index in [0.29, 0.717) is 18.9 Å². The molecule has 0 saturated carbocycles. The van der Waals surface area contributed by atoms with Gasteiger partial charge in [-0.1, -0.05) is 0 Å². The van der Waals surface area contributed by atoms with Gasteiger partial charge in [0.15, 0.2) is 0 Å². The Morgan fingerprint density at radius 2 is 2.40 bits per heavy atom. The Labute approximate surface area is 89.3 Å². The lowest BCUT2D eigenvalue weighted by Gasteiger charge is -2.15. The first-order valence-electron chi connectivity index (χ1n) is 4.71. The summed E-state index contributed by atoms with van der Waals surface area (Å²) in [6.45, 7) is 1.05. The lowest BCUT2D eigenvalue weighted by atomic mass is 10.2. The molecule has 1 amide bonds. The normalized spacial score (nSPS) is 10.3. The van der Waals surface area contributed by atoms with Gasteiger partial charge >= 0.3 is 0 Å². The predicted octanol–water partition coefficient (Wildman–Crippen LogP) is -0.158. The van der Waals surface area contributed by atoms with E-state index < -0.39 is 0 Å². The fraction of sp³-hybridized carbons (Fsp3) is 0.400. The highest BCUT2D eigenvalue weighted by Gasteiger charge is 2.05. The standard InChI is InChI=1S/C10H16N4O/c1-12-10(15)7-14(2)6-8-3-4-13-9(11)5-8/h3-5H,6-7H2,1-2H3,(H2,11,13)(H,12,15). The fourth-order valence-electron chi connectivity index (χ4n) is 1.28. The van der Waals surface area contributed by atoms with E-state index in [4.69, 9.17) is 5.73 Å². The Morgan fingerprint density at radius 3 is 3.00 bits per heavy atom. The topological polar surface area (TPSA) is 71.2 Å². The van der Waals surface area contributed by atoms with Crippen molar-refractivity contribution in [2.75, 3.05) is 26.4 Å². The number of nitrogens with zero attached hydrogens (tertiary/aromatic N) is 2. The van der Waals surface area contributed by atoms with Gasteiger partial charge in [0.1, 0.15) is 5.82 Å². The summed E-state index contributed by atoms with van der Waals surface area (Å²) in [4.78, 5) is 16.9. The van der Waals surface area contributed by atoms with Crippen LogP contribution in [-0.2, 0) is 11.3 Å². The molecule has 15 heavy (non-hydrogen) atoms. The SMILES string of the molecule is CNC(=O)CN(C)Cc1ccnc(N)c1. The van der Waals surface area contributed by atoms with Gasteiger partial charge in [-0.25, -0.2) is 4.98 Å². The maximum Gasteiger partial charge on any atom is 0.233 e. The van der Waals surface area contributed by atoms with E-state index >= 15 is 0 Å². The lowest BCUT2D eigenvalue weighted by molar-refractivity contribution is -0.121. The molecule has 1 aromatic heterocycles. The van der Waals surface area contributed by atoms with Crippen molar-refractivity contribution in [3.63, 3.8) is 0 Å². The number of nitrogen functional groups attached to an aromatic ring is 1. The number of likely N-dealkylation sites (N-methyl/N-ethyl adjacent to an activating group) is 2. The van der Waals surface area contributed by atoms with E-state index in [1.165, 1.54) is 0 Å². The number of rotatable bonds is 4. The molecule has 0 aromatic carbocycles. The fourth-order valence-corrected chi connectivity index (χ4v) is 1.28. The number of nitrogens with two attached hydrogens (primary N) is 1. The first-order valence-corrected chi connectivity index (χ1v) is 4.71.